The number of urea groups is 1. The molecule has 0 spiro atoms. The summed E-state index contributed by atoms with van der Waals surface area (Å²) in [4.78, 5) is 12.1. The fourth-order valence-electron chi connectivity index (χ4n) is 2.15. The number of anilines is 1. The van der Waals surface area contributed by atoms with Crippen LogP contribution in [0.2, 0.25) is 0 Å². The summed E-state index contributed by atoms with van der Waals surface area (Å²) in [6.07, 6.45) is 0. The van der Waals surface area contributed by atoms with Crippen LogP contribution in [0.1, 0.15) is 11.1 Å². The number of carbonyl (C=O) groups is 1. The minimum Gasteiger partial charge on any atom is -0.307 e. The third-order valence-electron chi connectivity index (χ3n) is 3.79. The van der Waals surface area contributed by atoms with E-state index in [0.717, 1.165) is 9.87 Å². The first-order valence-electron chi connectivity index (χ1n) is 7.87. The van der Waals surface area contributed by atoms with Crippen molar-refractivity contribution in [2.75, 3.05) is 19.4 Å². The molecule has 2 rings (SSSR count). The molecule has 0 aliphatic rings. The van der Waals surface area contributed by atoms with E-state index in [9.17, 15) is 21.6 Å². The topological polar surface area (TPSA) is 113 Å². The molecule has 0 saturated carbocycles. The maximum absolute atomic E-state index is 12.3. The summed E-state index contributed by atoms with van der Waals surface area (Å²) < 4.78 is 51.9. The largest absolute Gasteiger partial charge is 0.333 e. The maximum atomic E-state index is 12.3. The molecular formula is C17H21N3O5S2. The van der Waals surface area contributed by atoms with Crippen LogP contribution in [0.25, 0.3) is 0 Å². The lowest BCUT2D eigenvalue weighted by atomic mass is 10.2. The summed E-state index contributed by atoms with van der Waals surface area (Å²) in [7, 11) is -4.96. The van der Waals surface area contributed by atoms with Crippen molar-refractivity contribution in [1.29, 1.82) is 0 Å². The fraction of sp³-hybridized carbons (Fsp3) is 0.235. The standard InChI is InChI=1S/C17H21N3O5S2/c1-12-5-8-14(9-6-12)26(22,23)19-17(21)18-16-11-15(10-7-13(16)2)27(24,25)20(3)4/h5-11H,1-4H3,(H2,18,19,21). The van der Waals surface area contributed by atoms with Gasteiger partial charge in [-0.25, -0.2) is 30.7 Å². The number of hydrogen-bond donors (Lipinski definition) is 2. The number of amides is 2. The second-order valence-corrected chi connectivity index (χ2v) is 9.97. The third-order valence-corrected chi connectivity index (χ3v) is 6.95. The average molecular weight is 412 g/mol. The Morgan fingerprint density at radius 2 is 1.44 bits per heavy atom. The monoisotopic (exact) mass is 411 g/mol. The van der Waals surface area contributed by atoms with Crippen molar-refractivity contribution in [2.24, 2.45) is 0 Å². The number of nitrogens with one attached hydrogen (secondary N) is 2. The number of carbonyl (C=O) groups excluding carboxylic acids is 1. The molecule has 0 aliphatic heterocycles. The summed E-state index contributed by atoms with van der Waals surface area (Å²) in [6, 6.07) is 9.25. The zero-order valence-electron chi connectivity index (χ0n) is 15.3. The van der Waals surface area contributed by atoms with E-state index in [1.807, 2.05) is 11.6 Å². The van der Waals surface area contributed by atoms with Crippen LogP contribution in [0.3, 0.4) is 0 Å². The van der Waals surface area contributed by atoms with Crippen LogP contribution in [0.15, 0.2) is 52.3 Å². The molecule has 0 unspecified atom stereocenters. The molecule has 0 atom stereocenters. The molecule has 10 heteroatoms. The summed E-state index contributed by atoms with van der Waals surface area (Å²) in [5.74, 6) is 0. The van der Waals surface area contributed by atoms with Gasteiger partial charge >= 0.3 is 6.03 Å². The molecule has 8 nitrogen and oxygen atoms in total. The Morgan fingerprint density at radius 3 is 2.00 bits per heavy atom. The predicted octanol–water partition coefficient (Wildman–Crippen LogP) is 2.06. The van der Waals surface area contributed by atoms with Gasteiger partial charge in [0.1, 0.15) is 0 Å². The van der Waals surface area contributed by atoms with Gasteiger partial charge in [-0.15, -0.1) is 0 Å². The molecule has 0 radical (unpaired) electrons. The Hall–Kier alpha value is -2.43. The fourth-order valence-corrected chi connectivity index (χ4v) is 3.99. The van der Waals surface area contributed by atoms with E-state index in [1.165, 1.54) is 44.4 Å². The molecule has 0 fully saturated rings. The molecule has 0 bridgehead atoms. The molecule has 0 aromatic heterocycles. The number of sulfonamides is 2. The molecular weight excluding hydrogens is 390 g/mol. The lowest BCUT2D eigenvalue weighted by Gasteiger charge is -2.15. The summed E-state index contributed by atoms with van der Waals surface area (Å²) >= 11 is 0. The Morgan fingerprint density at radius 1 is 0.889 bits per heavy atom. The van der Waals surface area contributed by atoms with Crippen LogP contribution in [0.5, 0.6) is 0 Å². The molecule has 146 valence electrons. The molecule has 0 heterocycles. The molecule has 2 amide bonds. The smallest absolute Gasteiger partial charge is 0.307 e. The van der Waals surface area contributed by atoms with E-state index < -0.39 is 26.1 Å². The summed E-state index contributed by atoms with van der Waals surface area (Å²) in [6.45, 7) is 3.48. The first kappa shape index (κ1) is 20.9. The minimum absolute atomic E-state index is 0.0187. The Bertz CT molecular complexity index is 1060. The van der Waals surface area contributed by atoms with Gasteiger partial charge in [-0.3, -0.25) is 0 Å². The van der Waals surface area contributed by atoms with Crippen LogP contribution < -0.4 is 10.0 Å². The highest BCUT2D eigenvalue weighted by Crippen LogP contribution is 2.22. The quantitative estimate of drug-likeness (QED) is 0.782. The number of benzene rings is 2. The first-order chi connectivity index (χ1) is 12.4. The van der Waals surface area contributed by atoms with Gasteiger partial charge in [-0.1, -0.05) is 23.8 Å². The summed E-state index contributed by atoms with van der Waals surface area (Å²) in [5, 5.41) is 2.39. The van der Waals surface area contributed by atoms with E-state index in [1.54, 1.807) is 19.1 Å². The predicted molar refractivity (Wildman–Crippen MR) is 103 cm³/mol. The van der Waals surface area contributed by atoms with Gasteiger partial charge in [-0.05, 0) is 43.7 Å². The second kappa shape index (κ2) is 7.67. The van der Waals surface area contributed by atoms with E-state index >= 15 is 0 Å². The lowest BCUT2D eigenvalue weighted by molar-refractivity contribution is 0.256. The van der Waals surface area contributed by atoms with E-state index in [2.05, 4.69) is 5.32 Å². The van der Waals surface area contributed by atoms with Crippen molar-refractivity contribution < 1.29 is 21.6 Å². The Labute approximate surface area is 159 Å². The highest BCUT2D eigenvalue weighted by molar-refractivity contribution is 7.90. The Kier molecular flexibility index (Phi) is 5.93. The van der Waals surface area contributed by atoms with Gasteiger partial charge in [0.15, 0.2) is 0 Å². The van der Waals surface area contributed by atoms with Gasteiger partial charge < -0.3 is 5.32 Å². The number of nitrogens with zero attached hydrogens (tertiary/aromatic N) is 1. The summed E-state index contributed by atoms with van der Waals surface area (Å²) in [5.41, 5.74) is 1.65. The van der Waals surface area contributed by atoms with E-state index in [-0.39, 0.29) is 15.5 Å². The normalized spacial score (nSPS) is 12.0. The first-order valence-corrected chi connectivity index (χ1v) is 10.8. The van der Waals surface area contributed by atoms with Crippen molar-refractivity contribution in [3.8, 4) is 0 Å². The van der Waals surface area contributed by atoms with Crippen LogP contribution in [0, 0.1) is 13.8 Å². The van der Waals surface area contributed by atoms with E-state index in [4.69, 9.17) is 0 Å². The molecule has 0 saturated heterocycles. The number of aryl methyl sites for hydroxylation is 2. The van der Waals surface area contributed by atoms with Crippen LogP contribution in [0.4, 0.5) is 10.5 Å². The molecule has 27 heavy (non-hydrogen) atoms. The van der Waals surface area contributed by atoms with Crippen molar-refractivity contribution in [1.82, 2.24) is 9.03 Å². The van der Waals surface area contributed by atoms with Gasteiger partial charge in [0, 0.05) is 19.8 Å². The van der Waals surface area contributed by atoms with Gasteiger partial charge in [0.05, 0.1) is 9.79 Å². The zero-order valence-corrected chi connectivity index (χ0v) is 17.0. The number of rotatable bonds is 5. The maximum Gasteiger partial charge on any atom is 0.333 e. The average Bonchev–Trinajstić information content (AvgIpc) is 2.56. The minimum atomic E-state index is -4.05. The van der Waals surface area contributed by atoms with Gasteiger partial charge in [0.25, 0.3) is 10.0 Å². The molecule has 2 aromatic rings. The van der Waals surface area contributed by atoms with Crippen molar-refractivity contribution in [3.05, 3.63) is 53.6 Å². The zero-order chi connectivity index (χ0) is 20.4. The van der Waals surface area contributed by atoms with Crippen LogP contribution >= 0.6 is 0 Å². The lowest BCUT2D eigenvalue weighted by Crippen LogP contribution is -2.34. The van der Waals surface area contributed by atoms with Crippen LogP contribution in [-0.2, 0) is 20.0 Å². The second-order valence-electron chi connectivity index (χ2n) is 6.14. The highest BCUT2D eigenvalue weighted by Gasteiger charge is 2.21. The number of hydrogen-bond acceptors (Lipinski definition) is 5. The molecule has 0 aliphatic carbocycles. The van der Waals surface area contributed by atoms with Crippen molar-refractivity contribution >= 4 is 31.8 Å². The third kappa shape index (κ3) is 4.85. The van der Waals surface area contributed by atoms with E-state index in [0.29, 0.717) is 5.56 Å². The highest BCUT2D eigenvalue weighted by atomic mass is 32.2. The van der Waals surface area contributed by atoms with Crippen LogP contribution in [-0.4, -0.2) is 41.3 Å². The Balaban J connectivity index is 2.24. The van der Waals surface area contributed by atoms with Gasteiger partial charge in [0.2, 0.25) is 10.0 Å². The van der Waals surface area contributed by atoms with Crippen molar-refractivity contribution in [3.63, 3.8) is 0 Å². The molecule has 2 N–H and O–H groups in total. The van der Waals surface area contributed by atoms with Gasteiger partial charge in [-0.2, -0.15) is 0 Å². The SMILES string of the molecule is Cc1ccc(S(=O)(=O)NC(=O)Nc2cc(S(=O)(=O)N(C)C)ccc2C)cc1. The molecule has 2 aromatic carbocycles. The van der Waals surface area contributed by atoms with Crippen molar-refractivity contribution in [2.45, 2.75) is 23.6 Å².